The molecule has 0 unspecified atom stereocenters. The standard InChI is InChI=1S/C22H24BrFN4O/c1-14-9-17-20(11-21(14)29-12-15-5-7-28(2)8-6-15)25-13-26-22(17)27-19-4-3-16(23)10-18(19)24/h3-4,9-11,13,15H,5-8,12H2,1-2H3,(H,25,26,27)/i12D2. The highest BCUT2D eigenvalue weighted by Crippen LogP contribution is 2.31. The third-order valence-electron chi connectivity index (χ3n) is 5.17. The number of likely N-dealkylation sites (tertiary alicyclic amines) is 1. The van der Waals surface area contributed by atoms with Gasteiger partial charge in [0.15, 0.2) is 0 Å². The van der Waals surface area contributed by atoms with Gasteiger partial charge in [-0.2, -0.15) is 0 Å². The summed E-state index contributed by atoms with van der Waals surface area (Å²) in [7, 11) is 2.05. The lowest BCUT2D eigenvalue weighted by atomic mass is 9.98. The van der Waals surface area contributed by atoms with Crippen molar-refractivity contribution < 1.29 is 11.9 Å². The number of hydrogen-bond donors (Lipinski definition) is 1. The third-order valence-corrected chi connectivity index (χ3v) is 5.66. The van der Waals surface area contributed by atoms with Gasteiger partial charge in [0.25, 0.3) is 0 Å². The van der Waals surface area contributed by atoms with Crippen molar-refractivity contribution in [3.05, 3.63) is 52.5 Å². The number of aromatic nitrogens is 2. The van der Waals surface area contributed by atoms with Crippen LogP contribution in [0, 0.1) is 18.7 Å². The number of fused-ring (bicyclic) bond motifs is 1. The highest BCUT2D eigenvalue weighted by atomic mass is 79.9. The van der Waals surface area contributed by atoms with Crippen LogP contribution in [-0.2, 0) is 0 Å². The van der Waals surface area contributed by atoms with Gasteiger partial charge in [0.1, 0.15) is 23.7 Å². The summed E-state index contributed by atoms with van der Waals surface area (Å²) in [4.78, 5) is 10.8. The van der Waals surface area contributed by atoms with Crippen molar-refractivity contribution in [3.8, 4) is 5.75 Å². The number of hydrogen-bond acceptors (Lipinski definition) is 5. The first-order valence-electron chi connectivity index (χ1n) is 10.6. The summed E-state index contributed by atoms with van der Waals surface area (Å²) in [6.07, 6.45) is 2.91. The number of aryl methyl sites for hydroxylation is 1. The van der Waals surface area contributed by atoms with Crippen molar-refractivity contribution in [1.29, 1.82) is 0 Å². The SMILES string of the molecule is [2H]C([2H])(Oc1cc2ncnc(Nc3ccc(Br)cc3F)c2cc1C)C1CCN(C)CC1. The maximum Gasteiger partial charge on any atom is 0.147 e. The second-order valence-electron chi connectivity index (χ2n) is 7.40. The molecule has 1 saturated heterocycles. The Hall–Kier alpha value is -2.25. The highest BCUT2D eigenvalue weighted by Gasteiger charge is 2.18. The maximum absolute atomic E-state index is 14.3. The normalized spacial score (nSPS) is 17.1. The van der Waals surface area contributed by atoms with E-state index in [-0.39, 0.29) is 5.92 Å². The molecule has 4 rings (SSSR count). The molecule has 2 aromatic carbocycles. The number of nitrogens with zero attached hydrogens (tertiary/aromatic N) is 3. The Balaban J connectivity index is 1.62. The van der Waals surface area contributed by atoms with Gasteiger partial charge in [-0.15, -0.1) is 0 Å². The monoisotopic (exact) mass is 460 g/mol. The molecule has 0 bridgehead atoms. The van der Waals surface area contributed by atoms with Crippen LogP contribution in [0.5, 0.6) is 5.75 Å². The number of benzene rings is 2. The lowest BCUT2D eigenvalue weighted by molar-refractivity contribution is 0.159. The molecule has 152 valence electrons. The Morgan fingerprint density at radius 1 is 1.28 bits per heavy atom. The molecule has 1 aliphatic heterocycles. The first-order chi connectivity index (χ1) is 14.7. The van der Waals surface area contributed by atoms with Crippen molar-refractivity contribution in [2.24, 2.45) is 5.92 Å². The van der Waals surface area contributed by atoms with E-state index in [0.717, 1.165) is 31.5 Å². The van der Waals surface area contributed by atoms with Gasteiger partial charge in [-0.25, -0.2) is 14.4 Å². The number of nitrogens with one attached hydrogen (secondary N) is 1. The number of anilines is 2. The minimum absolute atomic E-state index is 0.165. The van der Waals surface area contributed by atoms with Crippen LogP contribution < -0.4 is 10.1 Å². The fraction of sp³-hybridized carbons (Fsp3) is 0.364. The van der Waals surface area contributed by atoms with Crippen LogP contribution in [0.2, 0.25) is 0 Å². The molecular weight excluding hydrogens is 435 g/mol. The molecule has 3 aromatic rings. The fourth-order valence-corrected chi connectivity index (χ4v) is 3.73. The molecule has 0 spiro atoms. The summed E-state index contributed by atoms with van der Waals surface area (Å²) < 4.78 is 37.8. The first kappa shape index (κ1) is 17.6. The van der Waals surface area contributed by atoms with Gasteiger partial charge in [0.2, 0.25) is 0 Å². The smallest absolute Gasteiger partial charge is 0.147 e. The van der Waals surface area contributed by atoms with E-state index < -0.39 is 12.4 Å². The molecule has 2 heterocycles. The average molecular weight is 461 g/mol. The molecule has 1 aliphatic rings. The second kappa shape index (κ2) is 8.63. The summed E-state index contributed by atoms with van der Waals surface area (Å²) in [5.74, 6) is 0.362. The molecule has 1 N–H and O–H groups in total. The molecule has 0 amide bonds. The van der Waals surface area contributed by atoms with E-state index in [2.05, 4.69) is 36.1 Å². The average Bonchev–Trinajstić information content (AvgIpc) is 2.71. The van der Waals surface area contributed by atoms with Crippen LogP contribution in [0.3, 0.4) is 0 Å². The van der Waals surface area contributed by atoms with E-state index in [0.29, 0.717) is 32.6 Å². The van der Waals surface area contributed by atoms with Crippen molar-refractivity contribution in [1.82, 2.24) is 14.9 Å². The van der Waals surface area contributed by atoms with Crippen LogP contribution in [0.1, 0.15) is 21.1 Å². The number of ether oxygens (including phenoxy) is 1. The molecule has 0 aliphatic carbocycles. The van der Waals surface area contributed by atoms with Crippen molar-refractivity contribution in [3.63, 3.8) is 0 Å². The Bertz CT molecular complexity index is 1110. The van der Waals surface area contributed by atoms with E-state index >= 15 is 0 Å². The molecule has 1 aromatic heterocycles. The van der Waals surface area contributed by atoms with E-state index in [4.69, 9.17) is 7.48 Å². The third kappa shape index (κ3) is 4.67. The summed E-state index contributed by atoms with van der Waals surface area (Å²) in [6, 6.07) is 8.33. The second-order valence-corrected chi connectivity index (χ2v) is 8.32. The molecule has 0 atom stereocenters. The number of piperidine rings is 1. The zero-order valence-corrected chi connectivity index (χ0v) is 18.0. The summed E-state index contributed by atoms with van der Waals surface area (Å²) in [6.45, 7) is 1.81. The van der Waals surface area contributed by atoms with E-state index in [1.165, 1.54) is 12.4 Å². The van der Waals surface area contributed by atoms with E-state index in [1.54, 1.807) is 18.2 Å². The summed E-state index contributed by atoms with van der Waals surface area (Å²) in [5.41, 5.74) is 1.66. The molecule has 1 fully saturated rings. The van der Waals surface area contributed by atoms with Crippen LogP contribution in [-0.4, -0.2) is 41.6 Å². The molecule has 7 heteroatoms. The zero-order valence-electron chi connectivity index (χ0n) is 18.4. The molecule has 5 nitrogen and oxygen atoms in total. The highest BCUT2D eigenvalue weighted by molar-refractivity contribution is 9.10. The van der Waals surface area contributed by atoms with E-state index in [1.807, 2.05) is 20.0 Å². The fourth-order valence-electron chi connectivity index (χ4n) is 3.39. The zero-order chi connectivity index (χ0) is 22.2. The number of rotatable bonds is 5. The van der Waals surface area contributed by atoms with Gasteiger partial charge < -0.3 is 15.0 Å². The van der Waals surface area contributed by atoms with Crippen molar-refractivity contribution >= 4 is 38.3 Å². The predicted molar refractivity (Wildman–Crippen MR) is 117 cm³/mol. The van der Waals surface area contributed by atoms with Crippen molar-refractivity contribution in [2.45, 2.75) is 19.8 Å². The summed E-state index contributed by atoms with van der Waals surface area (Å²) >= 11 is 3.25. The van der Waals surface area contributed by atoms with Gasteiger partial charge in [0.05, 0.1) is 20.5 Å². The Morgan fingerprint density at radius 3 is 2.83 bits per heavy atom. The molecule has 0 saturated carbocycles. The quantitative estimate of drug-likeness (QED) is 0.559. The van der Waals surface area contributed by atoms with Gasteiger partial charge in [-0.3, -0.25) is 0 Å². The minimum atomic E-state index is -1.77. The number of halogens is 2. The van der Waals surface area contributed by atoms with Crippen molar-refractivity contribution in [2.75, 3.05) is 32.0 Å². The van der Waals surface area contributed by atoms with E-state index in [9.17, 15) is 4.39 Å². The molecule has 29 heavy (non-hydrogen) atoms. The summed E-state index contributed by atoms with van der Waals surface area (Å²) in [5, 5.41) is 3.73. The van der Waals surface area contributed by atoms with Crippen LogP contribution >= 0.6 is 15.9 Å². The van der Waals surface area contributed by atoms with Gasteiger partial charge >= 0.3 is 0 Å². The lowest BCUT2D eigenvalue weighted by Crippen LogP contribution is -2.32. The Morgan fingerprint density at radius 2 is 2.07 bits per heavy atom. The molecular formula is C22H24BrFN4O. The van der Waals surface area contributed by atoms with Crippen LogP contribution in [0.25, 0.3) is 10.9 Å². The topological polar surface area (TPSA) is 50.3 Å². The van der Waals surface area contributed by atoms with Crippen LogP contribution in [0.4, 0.5) is 15.9 Å². The van der Waals surface area contributed by atoms with Gasteiger partial charge in [-0.1, -0.05) is 15.9 Å². The maximum atomic E-state index is 14.3. The predicted octanol–water partition coefficient (Wildman–Crippen LogP) is 5.30. The van der Waals surface area contributed by atoms with Gasteiger partial charge in [-0.05, 0) is 75.6 Å². The molecule has 0 radical (unpaired) electrons. The Kier molecular flexibility index (Phi) is 5.24. The van der Waals surface area contributed by atoms with Crippen LogP contribution in [0.15, 0.2) is 41.1 Å². The minimum Gasteiger partial charge on any atom is -0.493 e. The Labute approximate surface area is 181 Å². The largest absolute Gasteiger partial charge is 0.493 e. The van der Waals surface area contributed by atoms with Gasteiger partial charge in [0, 0.05) is 15.9 Å². The lowest BCUT2D eigenvalue weighted by Gasteiger charge is -2.28. The first-order valence-corrected chi connectivity index (χ1v) is 10.4.